The molecule has 6 aliphatic rings. The van der Waals surface area contributed by atoms with Gasteiger partial charge >= 0.3 is 5.92 Å². The van der Waals surface area contributed by atoms with Crippen LogP contribution in [-0.4, -0.2) is 105 Å². The number of rotatable bonds is 8. The first kappa shape index (κ1) is 44.9. The topological polar surface area (TPSA) is 155 Å². The molecule has 11 rings (SSSR count). The highest BCUT2D eigenvalue weighted by atomic mass is 35.5. The molecule has 2 amide bonds. The van der Waals surface area contributed by atoms with Gasteiger partial charge in [0, 0.05) is 69.2 Å². The van der Waals surface area contributed by atoms with E-state index in [9.17, 15) is 14.4 Å². The number of nitrogens with one attached hydrogen (secondary N) is 3. The average molecular weight is 957 g/mol. The highest BCUT2D eigenvalue weighted by Crippen LogP contribution is 2.47. The van der Waals surface area contributed by atoms with Crippen LogP contribution in [0.4, 0.5) is 42.0 Å². The van der Waals surface area contributed by atoms with Crippen molar-refractivity contribution < 1.29 is 27.5 Å². The predicted molar refractivity (Wildman–Crippen MR) is 255 cm³/mol. The van der Waals surface area contributed by atoms with Crippen LogP contribution in [0.1, 0.15) is 82.7 Å². The number of aryl methyl sites for hydroxylation is 2. The molecule has 3 aromatic heterocycles. The number of fused-ring (bicyclic) bond motifs is 4. The molecule has 2 aromatic carbocycles. The molecular weight excluding hydrogens is 899 g/mol. The van der Waals surface area contributed by atoms with E-state index in [1.165, 1.54) is 10.6 Å². The van der Waals surface area contributed by atoms with E-state index in [2.05, 4.69) is 47.7 Å². The zero-order valence-electron chi connectivity index (χ0n) is 38.6. The number of likely N-dealkylation sites (tertiary alicyclic amines) is 1. The number of alkyl halides is 2. The number of aromatic nitrogens is 5. The summed E-state index contributed by atoms with van der Waals surface area (Å²) in [5.41, 5.74) is 3.10. The first-order valence-corrected chi connectivity index (χ1v) is 24.5. The lowest BCUT2D eigenvalue weighted by Crippen LogP contribution is -2.51. The Kier molecular flexibility index (Phi) is 11.3. The normalized spacial score (nSPS) is 23.8. The molecule has 5 fully saturated rings. The van der Waals surface area contributed by atoms with Gasteiger partial charge < -0.3 is 34.6 Å². The summed E-state index contributed by atoms with van der Waals surface area (Å²) in [5, 5.41) is 14.9. The van der Waals surface area contributed by atoms with E-state index in [4.69, 9.17) is 21.3 Å². The van der Waals surface area contributed by atoms with Gasteiger partial charge in [-0.05, 0) is 125 Å². The van der Waals surface area contributed by atoms with Gasteiger partial charge in [0.2, 0.25) is 23.5 Å². The lowest BCUT2D eigenvalue weighted by molar-refractivity contribution is -0.134. The van der Waals surface area contributed by atoms with E-state index < -0.39 is 30.0 Å². The first-order chi connectivity index (χ1) is 32.6. The molecule has 1 unspecified atom stereocenters. The van der Waals surface area contributed by atoms with Gasteiger partial charge in [-0.25, -0.2) is 18.2 Å². The second kappa shape index (κ2) is 17.1. The second-order valence-electron chi connectivity index (χ2n) is 20.2. The fraction of sp³-hybridized carbons (Fsp3) is 0.551. The van der Waals surface area contributed by atoms with Gasteiger partial charge in [-0.15, -0.1) is 0 Å². The molecule has 8 heterocycles. The number of carbonyl (C=O) groups is 2. The molecule has 5 aromatic rings. The molecule has 19 heteroatoms. The lowest BCUT2D eigenvalue weighted by atomic mass is 9.70. The Morgan fingerprint density at radius 2 is 1.63 bits per heavy atom. The summed E-state index contributed by atoms with van der Waals surface area (Å²) in [6.07, 6.45) is 9.87. The van der Waals surface area contributed by atoms with Crippen LogP contribution in [0.15, 0.2) is 41.3 Å². The van der Waals surface area contributed by atoms with Gasteiger partial charge in [-0.3, -0.25) is 24.4 Å². The second-order valence-corrected chi connectivity index (χ2v) is 20.6. The van der Waals surface area contributed by atoms with Gasteiger partial charge in [0.1, 0.15) is 10.8 Å². The quantitative estimate of drug-likeness (QED) is 0.132. The maximum absolute atomic E-state index is 15.8. The Balaban J connectivity index is 0.701. The standard InChI is InChI=1S/C49H57ClF3N11O4/c1-27(28-10-16-63(17-11-28)38-24-37-33(23-35(38)51)40(59-61(37)3)31-7-9-39(65)56-45(31)66)62-18-12-48(13-19-62)14-20-64(21-15-48)47-54-25-34(50)44(58-47)55-30-6-8-36-32(22-30)41-42(46(67)60(36)2)68-26-49(52,53)43(57-41)29-4-5-29/h6,8,22-25,27-29,31,43,57H,4-5,7,9-21,26H2,1-3H3,(H,54,55,58)(H,56,65,66)/t27-,31?,43+/m1/s1. The van der Waals surface area contributed by atoms with Crippen LogP contribution in [0, 0.1) is 23.1 Å². The fourth-order valence-electron chi connectivity index (χ4n) is 11.8. The molecule has 360 valence electrons. The highest BCUT2D eigenvalue weighted by molar-refractivity contribution is 6.33. The smallest absolute Gasteiger partial charge is 0.301 e. The maximum Gasteiger partial charge on any atom is 0.301 e. The minimum atomic E-state index is -3.14. The monoisotopic (exact) mass is 955 g/mol. The summed E-state index contributed by atoms with van der Waals surface area (Å²) in [6, 6.07) is 8.06. The molecule has 1 aliphatic carbocycles. The summed E-state index contributed by atoms with van der Waals surface area (Å²) < 4.78 is 54.9. The molecule has 15 nitrogen and oxygen atoms in total. The molecular formula is C49H57ClF3N11O4. The van der Waals surface area contributed by atoms with Crippen LogP contribution in [0.5, 0.6) is 5.75 Å². The number of piperidine rings is 4. The Hall–Kier alpha value is -5.62. The summed E-state index contributed by atoms with van der Waals surface area (Å²) in [6.45, 7) is 6.75. The molecule has 4 saturated heterocycles. The molecule has 5 aliphatic heterocycles. The summed E-state index contributed by atoms with van der Waals surface area (Å²) >= 11 is 6.68. The van der Waals surface area contributed by atoms with E-state index >= 15 is 13.2 Å². The number of amides is 2. The number of carbonyl (C=O) groups excluding carboxylic acids is 2. The van der Waals surface area contributed by atoms with E-state index in [1.807, 2.05) is 25.2 Å². The van der Waals surface area contributed by atoms with Crippen LogP contribution in [0.3, 0.4) is 0 Å². The number of hydrogen-bond acceptors (Lipinski definition) is 12. The fourth-order valence-corrected chi connectivity index (χ4v) is 11.9. The number of imide groups is 1. The Bertz CT molecular complexity index is 2880. The molecule has 0 bridgehead atoms. The maximum atomic E-state index is 15.8. The summed E-state index contributed by atoms with van der Waals surface area (Å²) in [4.78, 5) is 54.2. The van der Waals surface area contributed by atoms with Crippen LogP contribution in [-0.2, 0) is 23.7 Å². The number of pyridine rings is 1. The molecule has 0 radical (unpaired) electrons. The van der Waals surface area contributed by atoms with Crippen LogP contribution in [0.25, 0.3) is 21.8 Å². The number of halogens is 4. The van der Waals surface area contributed by atoms with Crippen molar-refractivity contribution in [1.29, 1.82) is 0 Å². The number of benzene rings is 2. The molecule has 1 saturated carbocycles. The SMILES string of the molecule is C[C@H](C1CCN(c2cc3c(cc2F)c(C2CCC(=O)NC2=O)nn3C)CC1)N1CCC2(CCN(c3ncc(Cl)c(Nc4ccc5c(c4)c4c(c(=O)n5C)OCC(F)(F)[C@H](C5CC5)N4)n3)CC2)CC1. The van der Waals surface area contributed by atoms with Crippen molar-refractivity contribution in [3.63, 3.8) is 0 Å². The van der Waals surface area contributed by atoms with Crippen molar-refractivity contribution in [3.8, 4) is 5.75 Å². The largest absolute Gasteiger partial charge is 0.480 e. The van der Waals surface area contributed by atoms with Crippen molar-refractivity contribution in [1.82, 2.24) is 34.5 Å². The van der Waals surface area contributed by atoms with Crippen molar-refractivity contribution in [2.75, 3.05) is 66.3 Å². The Morgan fingerprint density at radius 3 is 2.35 bits per heavy atom. The Morgan fingerprint density at radius 1 is 0.897 bits per heavy atom. The minimum absolute atomic E-state index is 0.107. The number of hydrogen-bond donors (Lipinski definition) is 3. The van der Waals surface area contributed by atoms with E-state index in [0.29, 0.717) is 81.4 Å². The van der Waals surface area contributed by atoms with Gasteiger partial charge in [0.25, 0.3) is 5.56 Å². The molecule has 68 heavy (non-hydrogen) atoms. The third-order valence-corrected chi connectivity index (χ3v) is 16.5. The van der Waals surface area contributed by atoms with E-state index in [1.54, 1.807) is 24.0 Å². The van der Waals surface area contributed by atoms with E-state index in [-0.39, 0.29) is 46.8 Å². The van der Waals surface area contributed by atoms with Crippen molar-refractivity contribution >= 4 is 74.0 Å². The minimum Gasteiger partial charge on any atom is -0.480 e. The van der Waals surface area contributed by atoms with Crippen LogP contribution in [0.2, 0.25) is 5.02 Å². The van der Waals surface area contributed by atoms with E-state index in [0.717, 1.165) is 83.3 Å². The molecule has 1 spiro atoms. The van der Waals surface area contributed by atoms with Crippen molar-refractivity contribution in [3.05, 3.63) is 63.4 Å². The zero-order chi connectivity index (χ0) is 47.2. The summed E-state index contributed by atoms with van der Waals surface area (Å²) in [7, 11) is 3.42. The lowest BCUT2D eigenvalue weighted by Gasteiger charge is -2.49. The average Bonchev–Trinajstić information content (AvgIpc) is 4.14. The van der Waals surface area contributed by atoms with Crippen LogP contribution >= 0.6 is 11.6 Å². The third kappa shape index (κ3) is 8.07. The van der Waals surface area contributed by atoms with Gasteiger partial charge in [-0.2, -0.15) is 10.1 Å². The number of anilines is 5. The summed E-state index contributed by atoms with van der Waals surface area (Å²) in [5.74, 6) is -3.49. The highest BCUT2D eigenvalue weighted by Gasteiger charge is 2.51. The van der Waals surface area contributed by atoms with Crippen LogP contribution < -0.4 is 36.0 Å². The van der Waals surface area contributed by atoms with Gasteiger partial charge in [0.15, 0.2) is 12.4 Å². The third-order valence-electron chi connectivity index (χ3n) is 16.2. The number of nitrogens with zero attached hydrogens (tertiary/aromatic N) is 8. The molecule has 3 N–H and O–H groups in total. The predicted octanol–water partition coefficient (Wildman–Crippen LogP) is 7.48. The van der Waals surface area contributed by atoms with Crippen molar-refractivity contribution in [2.24, 2.45) is 31.3 Å². The molecule has 3 atom stereocenters. The zero-order valence-corrected chi connectivity index (χ0v) is 39.4. The van der Waals surface area contributed by atoms with Gasteiger partial charge in [0.05, 0.1) is 46.3 Å². The van der Waals surface area contributed by atoms with Crippen molar-refractivity contribution in [2.45, 2.75) is 95.1 Å². The first-order valence-electron chi connectivity index (χ1n) is 24.1. The van der Waals surface area contributed by atoms with Gasteiger partial charge in [-0.1, -0.05) is 11.6 Å². The Labute approximate surface area is 396 Å². The number of ether oxygens (including phenoxy) is 1.